The van der Waals surface area contributed by atoms with Crippen LogP contribution in [0.4, 0.5) is 0 Å². The summed E-state index contributed by atoms with van der Waals surface area (Å²) in [6.07, 6.45) is 4.64. The van der Waals surface area contributed by atoms with Gasteiger partial charge in [-0.05, 0) is 18.2 Å². The maximum Gasteiger partial charge on any atom is 0.245 e. The zero-order valence-electron chi connectivity index (χ0n) is 12.6. The van der Waals surface area contributed by atoms with Crippen molar-refractivity contribution in [3.8, 4) is 0 Å². The second kappa shape index (κ2) is 6.09. The fourth-order valence-corrected chi connectivity index (χ4v) is 4.07. The number of nitrogens with zero attached hydrogens (tertiary/aromatic N) is 4. The Morgan fingerprint density at radius 3 is 2.91 bits per heavy atom. The minimum Gasteiger partial charge on any atom is -0.359 e. The van der Waals surface area contributed by atoms with Gasteiger partial charge in [0.25, 0.3) is 0 Å². The van der Waals surface area contributed by atoms with E-state index < -0.39 is 10.0 Å². The lowest BCUT2D eigenvalue weighted by Crippen LogP contribution is -2.42. The molecule has 1 N–H and O–H groups in total. The highest BCUT2D eigenvalue weighted by Gasteiger charge is 2.34. The van der Waals surface area contributed by atoms with Gasteiger partial charge in [-0.15, -0.1) is 0 Å². The predicted molar refractivity (Wildman–Crippen MR) is 81.8 cm³/mol. The molecule has 1 aliphatic heterocycles. The minimum absolute atomic E-state index is 0.145. The number of aromatic nitrogens is 3. The number of hydrogen-bond donors (Lipinski definition) is 1. The molecule has 2 aromatic rings. The number of nitrogens with one attached hydrogen (secondary N) is 1. The van der Waals surface area contributed by atoms with Crippen molar-refractivity contribution in [3.05, 3.63) is 42.5 Å². The molecular formula is C14H17N5O3S. The summed E-state index contributed by atoms with van der Waals surface area (Å²) in [5.74, 6) is -0.155. The maximum atomic E-state index is 12.8. The Morgan fingerprint density at radius 1 is 1.39 bits per heavy atom. The van der Waals surface area contributed by atoms with E-state index in [0.29, 0.717) is 0 Å². The van der Waals surface area contributed by atoms with E-state index in [4.69, 9.17) is 0 Å². The Morgan fingerprint density at radius 2 is 2.22 bits per heavy atom. The van der Waals surface area contributed by atoms with Gasteiger partial charge in [-0.3, -0.25) is 14.5 Å². The van der Waals surface area contributed by atoms with Crippen LogP contribution in [0.1, 0.15) is 18.2 Å². The number of carbonyl (C=O) groups excluding carboxylic acids is 1. The summed E-state index contributed by atoms with van der Waals surface area (Å²) in [6.45, 7) is 0.417. The van der Waals surface area contributed by atoms with Gasteiger partial charge >= 0.3 is 0 Å². The van der Waals surface area contributed by atoms with Gasteiger partial charge in [0.1, 0.15) is 4.90 Å². The van der Waals surface area contributed by atoms with E-state index in [0.717, 1.165) is 5.69 Å². The maximum absolute atomic E-state index is 12.8. The Hall–Kier alpha value is -2.26. The first-order valence-corrected chi connectivity index (χ1v) is 8.59. The van der Waals surface area contributed by atoms with Crippen molar-refractivity contribution >= 4 is 15.9 Å². The highest BCUT2D eigenvalue weighted by Crippen LogP contribution is 2.27. The quantitative estimate of drug-likeness (QED) is 0.858. The first kappa shape index (κ1) is 15.6. The van der Waals surface area contributed by atoms with Gasteiger partial charge in [0.05, 0.1) is 24.7 Å². The highest BCUT2D eigenvalue weighted by molar-refractivity contribution is 7.89. The number of amides is 1. The topological polar surface area (TPSA) is 97.2 Å². The molecule has 3 heterocycles. The van der Waals surface area contributed by atoms with Crippen molar-refractivity contribution in [2.24, 2.45) is 0 Å². The zero-order valence-corrected chi connectivity index (χ0v) is 13.4. The summed E-state index contributed by atoms with van der Waals surface area (Å²) in [4.78, 5) is 15.7. The standard InChI is InChI=1S/C14H17N5O3S/c1-15-14(20)7-12-10-18(9-11-4-6-17-19(11)12)23(21,22)13-3-2-5-16-8-13/h2-6,8,12H,7,9-10H2,1H3,(H,15,20). The van der Waals surface area contributed by atoms with Gasteiger partial charge in [-0.1, -0.05) is 0 Å². The van der Waals surface area contributed by atoms with Crippen molar-refractivity contribution < 1.29 is 13.2 Å². The summed E-state index contributed by atoms with van der Waals surface area (Å²) in [7, 11) is -2.11. The fraction of sp³-hybridized carbons (Fsp3) is 0.357. The summed E-state index contributed by atoms with van der Waals surface area (Å²) < 4.78 is 28.6. The molecule has 0 radical (unpaired) electrons. The molecule has 0 bridgehead atoms. The summed E-state index contributed by atoms with van der Waals surface area (Å²) in [6, 6.07) is 4.53. The highest BCUT2D eigenvalue weighted by atomic mass is 32.2. The monoisotopic (exact) mass is 335 g/mol. The van der Waals surface area contributed by atoms with Crippen molar-refractivity contribution in [2.45, 2.75) is 23.9 Å². The van der Waals surface area contributed by atoms with Crippen LogP contribution in [0, 0.1) is 0 Å². The molecule has 9 heteroatoms. The molecule has 23 heavy (non-hydrogen) atoms. The fourth-order valence-electron chi connectivity index (χ4n) is 2.65. The van der Waals surface area contributed by atoms with Gasteiger partial charge in [0.2, 0.25) is 15.9 Å². The Labute approximate surface area is 134 Å². The molecule has 8 nitrogen and oxygen atoms in total. The van der Waals surface area contributed by atoms with Crippen molar-refractivity contribution in [1.82, 2.24) is 24.4 Å². The SMILES string of the molecule is CNC(=O)CC1CN(S(=O)(=O)c2cccnc2)Cc2ccnn21. The van der Waals surface area contributed by atoms with E-state index in [1.807, 2.05) is 0 Å². The minimum atomic E-state index is -3.66. The summed E-state index contributed by atoms with van der Waals surface area (Å²) in [5.41, 5.74) is 0.762. The van der Waals surface area contributed by atoms with E-state index in [1.165, 1.54) is 22.8 Å². The molecule has 0 saturated heterocycles. The van der Waals surface area contributed by atoms with E-state index in [1.54, 1.807) is 30.1 Å². The molecule has 0 aromatic carbocycles. The second-order valence-corrected chi connectivity index (χ2v) is 7.22. The molecule has 1 unspecified atom stereocenters. The van der Waals surface area contributed by atoms with Crippen LogP contribution in [0.3, 0.4) is 0 Å². The molecule has 1 atom stereocenters. The van der Waals surface area contributed by atoms with E-state index in [-0.39, 0.29) is 36.4 Å². The average molecular weight is 335 g/mol. The number of rotatable bonds is 4. The molecule has 0 saturated carbocycles. The van der Waals surface area contributed by atoms with Crippen LogP contribution in [-0.2, 0) is 21.4 Å². The third-order valence-corrected chi connectivity index (χ3v) is 5.62. The van der Waals surface area contributed by atoms with Crippen molar-refractivity contribution in [1.29, 1.82) is 0 Å². The van der Waals surface area contributed by atoms with Crippen LogP contribution in [0.2, 0.25) is 0 Å². The van der Waals surface area contributed by atoms with Gasteiger partial charge < -0.3 is 5.32 Å². The Bertz CT molecular complexity index is 803. The number of carbonyl (C=O) groups is 1. The summed E-state index contributed by atoms with van der Waals surface area (Å²) >= 11 is 0. The lowest BCUT2D eigenvalue weighted by atomic mass is 10.1. The number of fused-ring (bicyclic) bond motifs is 1. The molecule has 1 amide bonds. The largest absolute Gasteiger partial charge is 0.359 e. The number of sulfonamides is 1. The number of pyridine rings is 1. The van der Waals surface area contributed by atoms with Crippen LogP contribution in [0.25, 0.3) is 0 Å². The molecule has 0 spiro atoms. The molecule has 0 fully saturated rings. The first-order valence-electron chi connectivity index (χ1n) is 7.15. The molecule has 2 aromatic heterocycles. The molecule has 3 rings (SSSR count). The zero-order chi connectivity index (χ0) is 16.4. The van der Waals surface area contributed by atoms with Crippen LogP contribution in [0.5, 0.6) is 0 Å². The predicted octanol–water partition coefficient (Wildman–Crippen LogP) is 0.160. The third kappa shape index (κ3) is 2.97. The van der Waals surface area contributed by atoms with Gasteiger partial charge in [0, 0.05) is 32.2 Å². The van der Waals surface area contributed by atoms with Gasteiger partial charge in [-0.25, -0.2) is 8.42 Å². The Kier molecular flexibility index (Phi) is 4.14. The van der Waals surface area contributed by atoms with E-state index in [2.05, 4.69) is 15.4 Å². The number of hydrogen-bond acceptors (Lipinski definition) is 5. The molecule has 1 aliphatic rings. The smallest absolute Gasteiger partial charge is 0.245 e. The third-order valence-electron chi connectivity index (χ3n) is 3.82. The molecule has 122 valence electrons. The van der Waals surface area contributed by atoms with Crippen molar-refractivity contribution in [3.63, 3.8) is 0 Å². The second-order valence-electron chi connectivity index (χ2n) is 5.28. The molecule has 0 aliphatic carbocycles. The lowest BCUT2D eigenvalue weighted by molar-refractivity contribution is -0.121. The van der Waals surface area contributed by atoms with Gasteiger partial charge in [0.15, 0.2) is 0 Å². The van der Waals surface area contributed by atoms with Crippen LogP contribution in [-0.4, -0.2) is 47.0 Å². The van der Waals surface area contributed by atoms with E-state index in [9.17, 15) is 13.2 Å². The average Bonchev–Trinajstić information content (AvgIpc) is 3.04. The first-order chi connectivity index (χ1) is 11.0. The van der Waals surface area contributed by atoms with Gasteiger partial charge in [-0.2, -0.15) is 9.40 Å². The molecular weight excluding hydrogens is 318 g/mol. The van der Waals surface area contributed by atoms with Crippen molar-refractivity contribution in [2.75, 3.05) is 13.6 Å². The Balaban J connectivity index is 1.92. The van der Waals surface area contributed by atoms with E-state index >= 15 is 0 Å². The van der Waals surface area contributed by atoms with Crippen LogP contribution < -0.4 is 5.32 Å². The summed E-state index contributed by atoms with van der Waals surface area (Å²) in [5, 5.41) is 6.78. The normalized spacial score (nSPS) is 18.4. The van der Waals surface area contributed by atoms with Crippen LogP contribution >= 0.6 is 0 Å². The van der Waals surface area contributed by atoms with Crippen LogP contribution in [0.15, 0.2) is 41.7 Å². The lowest BCUT2D eigenvalue weighted by Gasteiger charge is -2.32.